The summed E-state index contributed by atoms with van der Waals surface area (Å²) in [4.78, 5) is 8.49. The minimum absolute atomic E-state index is 0.319. The van der Waals surface area contributed by atoms with Crippen LogP contribution in [0.1, 0.15) is 33.6 Å². The predicted octanol–water partition coefficient (Wildman–Crippen LogP) is 3.45. The Morgan fingerprint density at radius 2 is 1.85 bits per heavy atom. The fourth-order valence-electron chi connectivity index (χ4n) is 1.43. The van der Waals surface area contributed by atoms with E-state index < -0.39 is 11.0 Å². The number of nitrogens with zero attached hydrogens (tertiary/aromatic N) is 3. The van der Waals surface area contributed by atoms with Crippen molar-refractivity contribution in [2.75, 3.05) is 0 Å². The maximum Gasteiger partial charge on any atom is 0.234 e. The van der Waals surface area contributed by atoms with Crippen LogP contribution < -0.4 is 5.73 Å². The Morgan fingerprint density at radius 1 is 1.20 bits per heavy atom. The first-order valence-corrected chi connectivity index (χ1v) is 6.83. The molecule has 2 heterocycles. The molecular formula is C13H16Cl2N4O. The molecule has 0 unspecified atom stereocenters. The molecule has 0 aliphatic heterocycles. The van der Waals surface area contributed by atoms with Gasteiger partial charge in [0.2, 0.25) is 11.7 Å². The highest BCUT2D eigenvalue weighted by molar-refractivity contribution is 6.35. The van der Waals surface area contributed by atoms with Crippen molar-refractivity contribution >= 4 is 23.2 Å². The highest BCUT2D eigenvalue weighted by atomic mass is 35.5. The molecule has 0 saturated carbocycles. The van der Waals surface area contributed by atoms with Gasteiger partial charge in [-0.2, -0.15) is 4.98 Å². The molecule has 2 rings (SSSR count). The Bertz CT molecular complexity index is 632. The molecule has 0 spiro atoms. The van der Waals surface area contributed by atoms with Crippen LogP contribution in [-0.4, -0.2) is 20.7 Å². The third-order valence-corrected chi connectivity index (χ3v) is 4.09. The van der Waals surface area contributed by atoms with E-state index in [0.29, 0.717) is 27.5 Å². The van der Waals surface area contributed by atoms with E-state index in [1.54, 1.807) is 6.07 Å². The third kappa shape index (κ3) is 2.66. The monoisotopic (exact) mass is 314 g/mol. The average molecular weight is 315 g/mol. The van der Waals surface area contributed by atoms with Gasteiger partial charge in [0.05, 0.1) is 15.5 Å². The molecule has 0 fully saturated rings. The molecule has 0 aliphatic rings. The number of pyridine rings is 1. The van der Waals surface area contributed by atoms with Gasteiger partial charge < -0.3 is 10.3 Å². The Balaban J connectivity index is 2.44. The van der Waals surface area contributed by atoms with Crippen molar-refractivity contribution in [3.05, 3.63) is 28.2 Å². The van der Waals surface area contributed by atoms with Crippen molar-refractivity contribution in [1.29, 1.82) is 0 Å². The maximum absolute atomic E-state index is 6.16. The maximum atomic E-state index is 6.16. The molecule has 108 valence electrons. The van der Waals surface area contributed by atoms with Crippen molar-refractivity contribution in [1.82, 2.24) is 15.1 Å². The fraction of sp³-hybridized carbons (Fsp3) is 0.462. The van der Waals surface area contributed by atoms with Crippen LogP contribution in [0.2, 0.25) is 10.0 Å². The Hall–Kier alpha value is -1.17. The summed E-state index contributed by atoms with van der Waals surface area (Å²) in [7, 11) is 0. The summed E-state index contributed by atoms with van der Waals surface area (Å²) in [6.07, 6.45) is 1.48. The number of rotatable bonds is 3. The number of aromatic nitrogens is 3. The van der Waals surface area contributed by atoms with Crippen LogP contribution in [0.5, 0.6) is 0 Å². The van der Waals surface area contributed by atoms with Gasteiger partial charge in [-0.3, -0.25) is 0 Å². The molecule has 0 amide bonds. The van der Waals surface area contributed by atoms with Gasteiger partial charge in [0.1, 0.15) is 5.69 Å². The highest BCUT2D eigenvalue weighted by Gasteiger charge is 2.40. The number of nitrogens with two attached hydrogens (primary N) is 1. The van der Waals surface area contributed by atoms with Crippen molar-refractivity contribution in [3.63, 3.8) is 0 Å². The lowest BCUT2D eigenvalue weighted by atomic mass is 9.75. The Morgan fingerprint density at radius 3 is 2.40 bits per heavy atom. The van der Waals surface area contributed by atoms with Gasteiger partial charge in [0.25, 0.3) is 0 Å². The zero-order valence-electron chi connectivity index (χ0n) is 11.7. The van der Waals surface area contributed by atoms with E-state index in [2.05, 4.69) is 15.1 Å². The molecule has 0 radical (unpaired) electrons. The standard InChI is InChI=1S/C13H16Cl2N4O/c1-12(2,13(3,4)16)11-18-10(19-20-11)9-8(15)5-7(14)6-17-9/h5-6H,16H2,1-4H3. The van der Waals surface area contributed by atoms with Crippen molar-refractivity contribution in [2.24, 2.45) is 5.73 Å². The molecule has 0 saturated heterocycles. The van der Waals surface area contributed by atoms with Crippen LogP contribution in [0.3, 0.4) is 0 Å². The first kappa shape index (κ1) is 15.2. The van der Waals surface area contributed by atoms with E-state index >= 15 is 0 Å². The summed E-state index contributed by atoms with van der Waals surface area (Å²) in [5.41, 5.74) is 5.57. The summed E-state index contributed by atoms with van der Waals surface area (Å²) in [5.74, 6) is 0.756. The molecule has 2 aromatic rings. The smallest absolute Gasteiger partial charge is 0.234 e. The van der Waals surface area contributed by atoms with E-state index in [9.17, 15) is 0 Å². The second-order valence-corrected chi connectivity index (χ2v) is 6.60. The van der Waals surface area contributed by atoms with E-state index in [4.69, 9.17) is 33.5 Å². The van der Waals surface area contributed by atoms with Gasteiger partial charge in [-0.1, -0.05) is 28.4 Å². The van der Waals surface area contributed by atoms with Crippen molar-refractivity contribution < 1.29 is 4.52 Å². The SMILES string of the molecule is CC(C)(N)C(C)(C)c1nc(-c2ncc(Cl)cc2Cl)no1. The molecule has 0 atom stereocenters. The summed E-state index contributed by atoms with van der Waals surface area (Å²) >= 11 is 11.9. The second-order valence-electron chi connectivity index (χ2n) is 5.75. The molecule has 0 aromatic carbocycles. The zero-order chi connectivity index (χ0) is 15.1. The molecule has 7 heteroatoms. The third-order valence-electron chi connectivity index (χ3n) is 3.59. The molecule has 20 heavy (non-hydrogen) atoms. The van der Waals surface area contributed by atoms with E-state index in [1.807, 2.05) is 27.7 Å². The van der Waals surface area contributed by atoms with Crippen LogP contribution in [-0.2, 0) is 5.41 Å². The summed E-state index contributed by atoms with van der Waals surface area (Å²) < 4.78 is 5.32. The average Bonchev–Trinajstić information content (AvgIpc) is 2.77. The highest BCUT2D eigenvalue weighted by Crippen LogP contribution is 2.33. The molecular weight excluding hydrogens is 299 g/mol. The first-order valence-electron chi connectivity index (χ1n) is 6.07. The summed E-state index contributed by atoms with van der Waals surface area (Å²) in [5, 5.41) is 4.74. The van der Waals surface area contributed by atoms with Gasteiger partial charge in [-0.15, -0.1) is 0 Å². The minimum Gasteiger partial charge on any atom is -0.338 e. The lowest BCUT2D eigenvalue weighted by Gasteiger charge is -2.34. The lowest BCUT2D eigenvalue weighted by Crippen LogP contribution is -2.50. The predicted molar refractivity (Wildman–Crippen MR) is 78.8 cm³/mol. The van der Waals surface area contributed by atoms with Crippen molar-refractivity contribution in [2.45, 2.75) is 38.6 Å². The normalized spacial score (nSPS) is 12.8. The topological polar surface area (TPSA) is 77.8 Å². The Kier molecular flexibility index (Phi) is 3.79. The van der Waals surface area contributed by atoms with E-state index in [-0.39, 0.29) is 0 Å². The van der Waals surface area contributed by atoms with Crippen LogP contribution in [0, 0.1) is 0 Å². The zero-order valence-corrected chi connectivity index (χ0v) is 13.2. The van der Waals surface area contributed by atoms with Gasteiger partial charge in [-0.25, -0.2) is 4.98 Å². The van der Waals surface area contributed by atoms with Crippen LogP contribution in [0.15, 0.2) is 16.8 Å². The number of hydrogen-bond acceptors (Lipinski definition) is 5. The van der Waals surface area contributed by atoms with Crippen LogP contribution in [0.4, 0.5) is 0 Å². The Labute approximate surface area is 127 Å². The molecule has 0 bridgehead atoms. The minimum atomic E-state index is -0.520. The largest absolute Gasteiger partial charge is 0.338 e. The van der Waals surface area contributed by atoms with Crippen LogP contribution in [0.25, 0.3) is 11.5 Å². The molecule has 2 aromatic heterocycles. The fourth-order valence-corrected chi connectivity index (χ4v) is 1.89. The lowest BCUT2D eigenvalue weighted by molar-refractivity contribution is 0.223. The number of hydrogen-bond donors (Lipinski definition) is 1. The van der Waals surface area contributed by atoms with Crippen molar-refractivity contribution in [3.8, 4) is 11.5 Å². The quantitative estimate of drug-likeness (QED) is 0.938. The molecule has 5 nitrogen and oxygen atoms in total. The van der Waals surface area contributed by atoms with E-state index in [1.165, 1.54) is 6.20 Å². The van der Waals surface area contributed by atoms with Crippen LogP contribution >= 0.6 is 23.2 Å². The molecule has 2 N–H and O–H groups in total. The van der Waals surface area contributed by atoms with E-state index in [0.717, 1.165) is 0 Å². The first-order chi connectivity index (χ1) is 9.13. The number of halogens is 2. The van der Waals surface area contributed by atoms with Gasteiger partial charge >= 0.3 is 0 Å². The van der Waals surface area contributed by atoms with Gasteiger partial charge in [0.15, 0.2) is 0 Å². The van der Waals surface area contributed by atoms with Gasteiger partial charge in [0, 0.05) is 11.7 Å². The second kappa shape index (κ2) is 4.98. The summed E-state index contributed by atoms with van der Waals surface area (Å²) in [6, 6.07) is 1.58. The van der Waals surface area contributed by atoms with Gasteiger partial charge in [-0.05, 0) is 33.8 Å². The summed E-state index contributed by atoms with van der Waals surface area (Å²) in [6.45, 7) is 7.71. The molecule has 0 aliphatic carbocycles.